The van der Waals surface area contributed by atoms with Gasteiger partial charge in [0.25, 0.3) is 10.0 Å². The Morgan fingerprint density at radius 1 is 0.838 bits per heavy atom. The number of methoxy groups -OCH3 is 1. The van der Waals surface area contributed by atoms with Crippen LogP contribution >= 0.6 is 23.2 Å². The lowest BCUT2D eigenvalue weighted by Gasteiger charge is -2.25. The van der Waals surface area contributed by atoms with Gasteiger partial charge in [-0.3, -0.25) is 13.9 Å². The third-order valence-corrected chi connectivity index (χ3v) is 8.05. The number of carbonyl (C=O) groups is 2. The maximum atomic E-state index is 13.7. The zero-order valence-electron chi connectivity index (χ0n) is 19.9. The maximum Gasteiger partial charge on any atom is 0.326 e. The van der Waals surface area contributed by atoms with Gasteiger partial charge in [0.2, 0.25) is 0 Å². The Kier molecular flexibility index (Phi) is 8.17. The van der Waals surface area contributed by atoms with E-state index in [-0.39, 0.29) is 26.4 Å². The zero-order chi connectivity index (χ0) is 26.6. The number of benzene rings is 4. The second kappa shape index (κ2) is 11.3. The number of nitrogens with zero attached hydrogens (tertiary/aromatic N) is 1. The molecule has 190 valence electrons. The molecule has 0 aromatic heterocycles. The Labute approximate surface area is 225 Å². The number of carbonyl (C=O) groups excluding carboxylic acids is 2. The number of fused-ring (bicyclic) bond motifs is 1. The van der Waals surface area contributed by atoms with Crippen LogP contribution in [-0.2, 0) is 26.0 Å². The van der Waals surface area contributed by atoms with E-state index in [9.17, 15) is 18.0 Å². The zero-order valence-corrected chi connectivity index (χ0v) is 22.2. The number of halogens is 2. The lowest BCUT2D eigenvalue weighted by atomic mass is 9.97. The Morgan fingerprint density at radius 3 is 2.16 bits per heavy atom. The van der Waals surface area contributed by atoms with Crippen molar-refractivity contribution in [1.29, 1.82) is 0 Å². The van der Waals surface area contributed by atoms with Crippen molar-refractivity contribution < 1.29 is 22.7 Å². The molecule has 0 bridgehead atoms. The molecule has 4 aromatic rings. The largest absolute Gasteiger partial charge is 0.468 e. The smallest absolute Gasteiger partial charge is 0.326 e. The third kappa shape index (κ3) is 5.96. The summed E-state index contributed by atoms with van der Waals surface area (Å²) in [5.74, 6) is -0.834. The molecule has 4 rings (SSSR count). The molecule has 0 spiro atoms. The van der Waals surface area contributed by atoms with Gasteiger partial charge >= 0.3 is 5.97 Å². The summed E-state index contributed by atoms with van der Waals surface area (Å²) in [5.41, 5.74) is 1.74. The number of sulfonamides is 1. The minimum Gasteiger partial charge on any atom is -0.468 e. The number of esters is 1. The predicted molar refractivity (Wildman–Crippen MR) is 146 cm³/mol. The summed E-state index contributed by atoms with van der Waals surface area (Å²) < 4.78 is 33.2. The molecule has 37 heavy (non-hydrogen) atoms. The van der Waals surface area contributed by atoms with E-state index in [1.165, 1.54) is 25.3 Å². The molecule has 0 radical (unpaired) electrons. The van der Waals surface area contributed by atoms with E-state index in [2.05, 4.69) is 0 Å². The topological polar surface area (TPSA) is 80.8 Å². The quantitative estimate of drug-likeness (QED) is 0.178. The fourth-order valence-electron chi connectivity index (χ4n) is 4.08. The number of rotatable bonds is 9. The molecule has 4 aromatic carbocycles. The molecular formula is C28H23Cl2NO5S. The lowest BCUT2D eigenvalue weighted by molar-refractivity contribution is -0.138. The van der Waals surface area contributed by atoms with Crippen LogP contribution in [0.1, 0.15) is 22.3 Å². The van der Waals surface area contributed by atoms with Gasteiger partial charge in [0.05, 0.1) is 17.7 Å². The van der Waals surface area contributed by atoms with Gasteiger partial charge in [-0.15, -0.1) is 0 Å². The van der Waals surface area contributed by atoms with Crippen LogP contribution in [0.2, 0.25) is 10.0 Å². The average Bonchev–Trinajstić information content (AvgIpc) is 2.89. The van der Waals surface area contributed by atoms with Crippen molar-refractivity contribution in [2.75, 3.05) is 18.0 Å². The third-order valence-electron chi connectivity index (χ3n) is 5.88. The molecule has 0 aliphatic heterocycles. The number of hydrogen-bond donors (Lipinski definition) is 0. The van der Waals surface area contributed by atoms with Crippen LogP contribution in [0.3, 0.4) is 0 Å². The monoisotopic (exact) mass is 555 g/mol. The van der Waals surface area contributed by atoms with Gasteiger partial charge in [-0.25, -0.2) is 8.42 Å². The molecule has 0 aliphatic carbocycles. The Hall–Kier alpha value is -3.39. The Balaban J connectivity index is 1.79. The summed E-state index contributed by atoms with van der Waals surface area (Å²) in [6.45, 7) is -0.589. The number of Topliss-reactive ketones (excluding diaryl/α,β-unsaturated/α-hetero) is 1. The molecule has 0 fully saturated rings. The lowest BCUT2D eigenvalue weighted by Crippen LogP contribution is -2.36. The van der Waals surface area contributed by atoms with Crippen molar-refractivity contribution >= 4 is 61.4 Å². The van der Waals surface area contributed by atoms with E-state index in [1.807, 2.05) is 30.3 Å². The highest BCUT2D eigenvalue weighted by atomic mass is 35.5. The first-order valence-corrected chi connectivity index (χ1v) is 13.5. The van der Waals surface area contributed by atoms with Crippen molar-refractivity contribution in [3.63, 3.8) is 0 Å². The molecule has 9 heteroatoms. The van der Waals surface area contributed by atoms with Crippen LogP contribution in [0.25, 0.3) is 10.8 Å². The molecule has 0 aliphatic rings. The van der Waals surface area contributed by atoms with Gasteiger partial charge in [0, 0.05) is 27.4 Å². The maximum absolute atomic E-state index is 13.7. The van der Waals surface area contributed by atoms with E-state index in [0.717, 1.165) is 9.87 Å². The normalized spacial score (nSPS) is 11.3. The molecular weight excluding hydrogens is 533 g/mol. The molecule has 0 amide bonds. The average molecular weight is 556 g/mol. The molecule has 0 saturated carbocycles. The molecule has 0 heterocycles. The van der Waals surface area contributed by atoms with Crippen LogP contribution in [-0.4, -0.2) is 33.8 Å². The number of ether oxygens (including phenoxy) is 1. The van der Waals surface area contributed by atoms with Gasteiger partial charge in [-0.05, 0) is 41.6 Å². The molecule has 0 atom stereocenters. The van der Waals surface area contributed by atoms with Crippen molar-refractivity contribution in [3.8, 4) is 0 Å². The summed E-state index contributed by atoms with van der Waals surface area (Å²) in [6, 6.07) is 23.7. The van der Waals surface area contributed by atoms with Gasteiger partial charge in [-0.1, -0.05) is 83.9 Å². The molecule has 6 nitrogen and oxygen atoms in total. The summed E-state index contributed by atoms with van der Waals surface area (Å²) in [6.07, 6.45) is 0.868. The number of anilines is 1. The van der Waals surface area contributed by atoms with Crippen molar-refractivity contribution in [1.82, 2.24) is 0 Å². The molecule has 0 saturated heterocycles. The molecule has 0 N–H and O–H groups in total. The van der Waals surface area contributed by atoms with Gasteiger partial charge < -0.3 is 4.74 Å². The summed E-state index contributed by atoms with van der Waals surface area (Å²) in [7, 11) is -3.12. The highest BCUT2D eigenvalue weighted by Gasteiger charge is 2.30. The summed E-state index contributed by atoms with van der Waals surface area (Å²) in [4.78, 5) is 25.3. The highest BCUT2D eigenvalue weighted by molar-refractivity contribution is 7.93. The first kappa shape index (κ1) is 26.7. The van der Waals surface area contributed by atoms with Gasteiger partial charge in [0.15, 0.2) is 5.78 Å². The predicted octanol–water partition coefficient (Wildman–Crippen LogP) is 6.33. The Morgan fingerprint density at radius 2 is 1.49 bits per heavy atom. The number of hydrogen-bond acceptors (Lipinski definition) is 5. The van der Waals surface area contributed by atoms with Crippen molar-refractivity contribution in [2.24, 2.45) is 0 Å². The fourth-order valence-corrected chi connectivity index (χ4v) is 6.23. The van der Waals surface area contributed by atoms with Gasteiger partial charge in [-0.2, -0.15) is 0 Å². The summed E-state index contributed by atoms with van der Waals surface area (Å²) >= 11 is 12.1. The second-order valence-electron chi connectivity index (χ2n) is 8.28. The van der Waals surface area contributed by atoms with E-state index in [1.54, 1.807) is 36.4 Å². The second-order valence-corrected chi connectivity index (χ2v) is 11.0. The van der Waals surface area contributed by atoms with Crippen molar-refractivity contribution in [3.05, 3.63) is 106 Å². The van der Waals surface area contributed by atoms with Crippen LogP contribution in [0.4, 0.5) is 5.69 Å². The van der Waals surface area contributed by atoms with Crippen molar-refractivity contribution in [2.45, 2.75) is 17.7 Å². The van der Waals surface area contributed by atoms with E-state index in [0.29, 0.717) is 29.2 Å². The van der Waals surface area contributed by atoms with Crippen LogP contribution in [0, 0.1) is 0 Å². The van der Waals surface area contributed by atoms with Crippen LogP contribution in [0.15, 0.2) is 89.8 Å². The van der Waals surface area contributed by atoms with Gasteiger partial charge in [0.1, 0.15) is 6.54 Å². The first-order chi connectivity index (χ1) is 17.7. The number of aryl methyl sites for hydroxylation is 1. The highest BCUT2D eigenvalue weighted by Crippen LogP contribution is 2.34. The summed E-state index contributed by atoms with van der Waals surface area (Å²) in [5, 5.41) is 1.34. The minimum absolute atomic E-state index is 0.0735. The molecule has 0 unspecified atom stereocenters. The Bertz CT molecular complexity index is 1550. The SMILES string of the molecule is COC(=O)CN(c1cccc2c(C(=O)CCc3ccccc3)cccc12)S(=O)(=O)c1cc(Cl)cc(Cl)c1. The van der Waals surface area contributed by atoms with E-state index >= 15 is 0 Å². The first-order valence-electron chi connectivity index (χ1n) is 11.3. The number of ketones is 1. The van der Waals surface area contributed by atoms with E-state index < -0.39 is 22.5 Å². The van der Waals surface area contributed by atoms with Crippen LogP contribution in [0.5, 0.6) is 0 Å². The fraction of sp³-hybridized carbons (Fsp3) is 0.143. The standard InChI is InChI=1S/C28H23Cl2NO5S/c1-36-28(33)18-31(37(34,35)22-16-20(29)15-21(30)17-22)26-12-6-9-23-24(26)10-5-11-25(23)27(32)14-13-19-7-3-2-4-8-19/h2-12,15-17H,13-14,18H2,1H3. The van der Waals surface area contributed by atoms with E-state index in [4.69, 9.17) is 27.9 Å². The van der Waals surface area contributed by atoms with Crippen LogP contribution < -0.4 is 4.31 Å². The minimum atomic E-state index is -4.30.